The largest absolute Gasteiger partial charge is 0.481 e. The van der Waals surface area contributed by atoms with Crippen molar-refractivity contribution < 1.29 is 24.2 Å². The van der Waals surface area contributed by atoms with Crippen molar-refractivity contribution in [2.24, 2.45) is 0 Å². The molecule has 0 saturated carbocycles. The van der Waals surface area contributed by atoms with E-state index in [1.165, 1.54) is 17.3 Å². The van der Waals surface area contributed by atoms with E-state index in [1.54, 1.807) is 0 Å². The molecule has 192 valence electrons. The van der Waals surface area contributed by atoms with Gasteiger partial charge in [-0.05, 0) is 34.7 Å². The van der Waals surface area contributed by atoms with Crippen molar-refractivity contribution in [1.29, 1.82) is 0 Å². The molecule has 3 aromatic carbocycles. The summed E-state index contributed by atoms with van der Waals surface area (Å²) in [5.74, 6) is -0.541. The summed E-state index contributed by atoms with van der Waals surface area (Å²) >= 11 is 1.51. The van der Waals surface area contributed by atoms with Crippen LogP contribution in [0, 0.1) is 6.92 Å². The van der Waals surface area contributed by atoms with E-state index in [2.05, 4.69) is 22.8 Å². The van der Waals surface area contributed by atoms with E-state index in [0.717, 1.165) is 27.8 Å². The first-order chi connectivity index (χ1) is 17.9. The van der Waals surface area contributed by atoms with Crippen molar-refractivity contribution >= 4 is 29.7 Å². The molecule has 0 aromatic heterocycles. The van der Waals surface area contributed by atoms with E-state index >= 15 is 0 Å². The lowest BCUT2D eigenvalue weighted by molar-refractivity contribution is -0.137. The maximum atomic E-state index is 12.8. The third kappa shape index (κ3) is 6.92. The molecule has 3 N–H and O–H groups in total. The van der Waals surface area contributed by atoms with Crippen LogP contribution in [0.4, 0.5) is 4.79 Å². The van der Waals surface area contributed by atoms with Crippen LogP contribution in [0.5, 0.6) is 0 Å². The minimum absolute atomic E-state index is 0.0142. The molecular weight excluding hydrogens is 488 g/mol. The number of benzene rings is 3. The molecule has 0 bridgehead atoms. The number of amides is 2. The second-order valence-electron chi connectivity index (χ2n) is 8.96. The summed E-state index contributed by atoms with van der Waals surface area (Å²) in [5.41, 5.74) is 6.76. The van der Waals surface area contributed by atoms with Crippen LogP contribution in [0.25, 0.3) is 11.1 Å². The van der Waals surface area contributed by atoms with Gasteiger partial charge in [-0.15, -0.1) is 0 Å². The number of alkyl carbamates (subject to hydrolysis) is 1. The van der Waals surface area contributed by atoms with E-state index in [4.69, 9.17) is 9.84 Å². The predicted octanol–water partition coefficient (Wildman–Crippen LogP) is 4.73. The van der Waals surface area contributed by atoms with E-state index in [9.17, 15) is 14.4 Å². The van der Waals surface area contributed by atoms with Gasteiger partial charge >= 0.3 is 12.1 Å². The number of ether oxygens (including phenoxy) is 1. The quantitative estimate of drug-likeness (QED) is 0.339. The number of aliphatic carboxylic acids is 1. The SMILES string of the molecule is Cc1ccc(CSCC(NC(=O)OCC2c3ccccc3-c3ccccc32)C(=O)NCCC(=O)O)cc1. The molecule has 0 heterocycles. The van der Waals surface area contributed by atoms with Gasteiger partial charge in [0.1, 0.15) is 12.6 Å². The number of fused-ring (bicyclic) bond motifs is 3. The Bertz CT molecular complexity index is 1220. The molecule has 0 fully saturated rings. The standard InChI is InChI=1S/C29H30N2O5S/c1-19-10-12-20(13-11-19)17-37-18-26(28(34)30-15-14-27(32)33)31-29(35)36-16-25-23-8-4-2-6-21(23)22-7-3-5-9-24(22)25/h2-13,25-26H,14-18H2,1H3,(H,30,34)(H,31,35)(H,32,33). The monoisotopic (exact) mass is 518 g/mol. The number of hydrogen-bond donors (Lipinski definition) is 3. The molecule has 37 heavy (non-hydrogen) atoms. The highest BCUT2D eigenvalue weighted by Gasteiger charge is 2.29. The average Bonchev–Trinajstić information content (AvgIpc) is 3.21. The Morgan fingerprint density at radius 1 is 0.946 bits per heavy atom. The van der Waals surface area contributed by atoms with Crippen molar-refractivity contribution in [3.8, 4) is 11.1 Å². The van der Waals surface area contributed by atoms with Crippen LogP contribution in [0.15, 0.2) is 72.8 Å². The molecule has 0 aliphatic heterocycles. The van der Waals surface area contributed by atoms with Crippen LogP contribution in [-0.2, 0) is 20.1 Å². The number of thioether (sulfide) groups is 1. The molecule has 8 heteroatoms. The van der Waals surface area contributed by atoms with Crippen molar-refractivity contribution in [2.45, 2.75) is 31.1 Å². The van der Waals surface area contributed by atoms with Crippen LogP contribution in [-0.4, -0.2) is 48.0 Å². The molecular formula is C29H30N2O5S. The highest BCUT2D eigenvalue weighted by molar-refractivity contribution is 7.98. The van der Waals surface area contributed by atoms with Crippen LogP contribution in [0.2, 0.25) is 0 Å². The predicted molar refractivity (Wildman–Crippen MR) is 145 cm³/mol. The van der Waals surface area contributed by atoms with Gasteiger partial charge in [-0.2, -0.15) is 11.8 Å². The van der Waals surface area contributed by atoms with Crippen molar-refractivity contribution in [1.82, 2.24) is 10.6 Å². The van der Waals surface area contributed by atoms with E-state index in [1.807, 2.05) is 67.6 Å². The molecule has 7 nitrogen and oxygen atoms in total. The molecule has 0 spiro atoms. The first-order valence-corrected chi connectivity index (χ1v) is 13.3. The Balaban J connectivity index is 1.37. The maximum Gasteiger partial charge on any atom is 0.407 e. The molecule has 1 aliphatic carbocycles. The zero-order valence-electron chi connectivity index (χ0n) is 20.6. The van der Waals surface area contributed by atoms with Crippen molar-refractivity contribution in [3.63, 3.8) is 0 Å². The summed E-state index contributed by atoms with van der Waals surface area (Å²) in [5, 5.41) is 14.1. The summed E-state index contributed by atoms with van der Waals surface area (Å²) in [4.78, 5) is 36.3. The summed E-state index contributed by atoms with van der Waals surface area (Å²) < 4.78 is 5.61. The lowest BCUT2D eigenvalue weighted by Gasteiger charge is -2.19. The fourth-order valence-electron chi connectivity index (χ4n) is 4.36. The fourth-order valence-corrected chi connectivity index (χ4v) is 5.38. The van der Waals surface area contributed by atoms with Crippen LogP contribution in [0.3, 0.4) is 0 Å². The third-order valence-electron chi connectivity index (χ3n) is 6.26. The van der Waals surface area contributed by atoms with Gasteiger partial charge in [-0.25, -0.2) is 4.79 Å². The van der Waals surface area contributed by atoms with Gasteiger partial charge in [0.25, 0.3) is 0 Å². The highest BCUT2D eigenvalue weighted by Crippen LogP contribution is 2.44. The Labute approximate surface area is 220 Å². The number of carboxylic acids is 1. The first-order valence-electron chi connectivity index (χ1n) is 12.2. The van der Waals surface area contributed by atoms with Crippen molar-refractivity contribution in [3.05, 3.63) is 95.1 Å². The number of rotatable bonds is 11. The molecule has 4 rings (SSSR count). The summed E-state index contributed by atoms with van der Waals surface area (Å²) in [6, 6.07) is 23.4. The second kappa shape index (κ2) is 12.5. The lowest BCUT2D eigenvalue weighted by atomic mass is 9.98. The number of carboxylic acid groups (broad SMARTS) is 1. The highest BCUT2D eigenvalue weighted by atomic mass is 32.2. The number of carbonyl (C=O) groups excluding carboxylic acids is 2. The van der Waals surface area contributed by atoms with E-state index in [-0.39, 0.29) is 25.5 Å². The van der Waals surface area contributed by atoms with Gasteiger partial charge in [0.05, 0.1) is 6.42 Å². The summed E-state index contributed by atoms with van der Waals surface area (Å²) in [6.07, 6.45) is -0.879. The van der Waals surface area contributed by atoms with Gasteiger partial charge < -0.3 is 20.5 Å². The number of aryl methyl sites for hydroxylation is 1. The van der Waals surface area contributed by atoms with Gasteiger partial charge in [0, 0.05) is 24.0 Å². The summed E-state index contributed by atoms with van der Waals surface area (Å²) in [7, 11) is 0. The summed E-state index contributed by atoms with van der Waals surface area (Å²) in [6.45, 7) is 2.15. The van der Waals surface area contributed by atoms with Gasteiger partial charge in [0.15, 0.2) is 0 Å². The fraction of sp³-hybridized carbons (Fsp3) is 0.276. The normalized spacial score (nSPS) is 12.8. The minimum atomic E-state index is -1.00. The average molecular weight is 519 g/mol. The smallest absolute Gasteiger partial charge is 0.407 e. The number of nitrogens with one attached hydrogen (secondary N) is 2. The zero-order chi connectivity index (χ0) is 26.2. The van der Waals surface area contributed by atoms with E-state index < -0.39 is 24.0 Å². The molecule has 1 unspecified atom stereocenters. The van der Waals surface area contributed by atoms with Crippen LogP contribution < -0.4 is 10.6 Å². The van der Waals surface area contributed by atoms with E-state index in [0.29, 0.717) is 11.5 Å². The topological polar surface area (TPSA) is 105 Å². The Kier molecular flexibility index (Phi) is 8.85. The number of carbonyl (C=O) groups is 3. The Hall–Kier alpha value is -3.78. The molecule has 3 aromatic rings. The molecule has 2 amide bonds. The van der Waals surface area contributed by atoms with Crippen LogP contribution >= 0.6 is 11.8 Å². The van der Waals surface area contributed by atoms with Crippen LogP contribution in [0.1, 0.15) is 34.6 Å². The van der Waals surface area contributed by atoms with Gasteiger partial charge in [0.2, 0.25) is 5.91 Å². The number of hydrogen-bond acceptors (Lipinski definition) is 5. The molecule has 0 saturated heterocycles. The Morgan fingerprint density at radius 2 is 1.57 bits per heavy atom. The van der Waals surface area contributed by atoms with Gasteiger partial charge in [-0.1, -0.05) is 78.4 Å². The molecule has 0 radical (unpaired) electrons. The zero-order valence-corrected chi connectivity index (χ0v) is 21.4. The third-order valence-corrected chi connectivity index (χ3v) is 7.37. The Morgan fingerprint density at radius 3 is 2.19 bits per heavy atom. The lowest BCUT2D eigenvalue weighted by Crippen LogP contribution is -2.49. The maximum absolute atomic E-state index is 12.8. The second-order valence-corrected chi connectivity index (χ2v) is 9.99. The first kappa shape index (κ1) is 26.3. The minimum Gasteiger partial charge on any atom is -0.481 e. The van der Waals surface area contributed by atoms with Crippen molar-refractivity contribution in [2.75, 3.05) is 18.9 Å². The molecule has 1 atom stereocenters. The molecule has 1 aliphatic rings. The van der Waals surface area contributed by atoms with Gasteiger partial charge in [-0.3, -0.25) is 9.59 Å².